The molecule has 0 unspecified atom stereocenters. The second-order valence-electron chi connectivity index (χ2n) is 3.93. The first-order valence-electron chi connectivity index (χ1n) is 4.64. The van der Waals surface area contributed by atoms with Crippen LogP contribution in [0.3, 0.4) is 0 Å². The smallest absolute Gasteiger partial charge is 0.318 e. The molecule has 1 aromatic heterocycles. The second kappa shape index (κ2) is 2.91. The van der Waals surface area contributed by atoms with Gasteiger partial charge in [0, 0.05) is 18.4 Å². The summed E-state index contributed by atoms with van der Waals surface area (Å²) in [5.74, 6) is 0.536. The summed E-state index contributed by atoms with van der Waals surface area (Å²) in [6, 6.07) is 4.03. The van der Waals surface area contributed by atoms with E-state index in [1.165, 1.54) is 0 Å². The molecule has 0 N–H and O–H groups in total. The summed E-state index contributed by atoms with van der Waals surface area (Å²) < 4.78 is 1.72. The molecule has 0 spiro atoms. The van der Waals surface area contributed by atoms with Gasteiger partial charge in [-0.05, 0) is 18.1 Å². The van der Waals surface area contributed by atoms with Crippen molar-refractivity contribution in [3.05, 3.63) is 24.0 Å². The van der Waals surface area contributed by atoms with Crippen molar-refractivity contribution in [1.82, 2.24) is 9.47 Å². The van der Waals surface area contributed by atoms with Crippen LogP contribution in [0, 0.1) is 5.92 Å². The summed E-state index contributed by atoms with van der Waals surface area (Å²) in [7, 11) is 0. The molecule has 0 fully saturated rings. The molecule has 1 aliphatic heterocycles. The van der Waals surface area contributed by atoms with Gasteiger partial charge < -0.3 is 4.90 Å². The highest BCUT2D eigenvalue weighted by Crippen LogP contribution is 2.17. The average molecular weight is 178 g/mol. The number of hydrogen-bond donors (Lipinski definition) is 0. The Bertz CT molecular complexity index is 327. The first kappa shape index (κ1) is 8.35. The molecule has 1 aromatic rings. The maximum absolute atomic E-state index is 11.7. The summed E-state index contributed by atoms with van der Waals surface area (Å²) in [4.78, 5) is 13.6. The third-order valence-electron chi connectivity index (χ3n) is 2.25. The lowest BCUT2D eigenvalue weighted by Gasteiger charge is -2.16. The third kappa shape index (κ3) is 1.34. The van der Waals surface area contributed by atoms with Crippen LogP contribution in [0.25, 0.3) is 0 Å². The van der Waals surface area contributed by atoms with Gasteiger partial charge in [0.2, 0.25) is 0 Å². The number of carbonyl (C=O) groups excluding carboxylic acids is 1. The lowest BCUT2D eigenvalue weighted by molar-refractivity contribution is 0.203. The molecule has 0 atom stereocenters. The minimum atomic E-state index is 0.119. The number of nitrogens with zero attached hydrogens (tertiary/aromatic N) is 2. The van der Waals surface area contributed by atoms with Crippen molar-refractivity contribution in [1.29, 1.82) is 0 Å². The van der Waals surface area contributed by atoms with Gasteiger partial charge in [-0.15, -0.1) is 0 Å². The Hall–Kier alpha value is -1.25. The number of amides is 1. The second-order valence-corrected chi connectivity index (χ2v) is 3.93. The Morgan fingerprint density at radius 1 is 1.54 bits per heavy atom. The third-order valence-corrected chi connectivity index (χ3v) is 2.25. The van der Waals surface area contributed by atoms with Crippen LogP contribution in [0.5, 0.6) is 0 Å². The van der Waals surface area contributed by atoms with Crippen LogP contribution >= 0.6 is 0 Å². The zero-order valence-electron chi connectivity index (χ0n) is 8.03. The molecule has 0 aliphatic carbocycles. The molecule has 3 nitrogen and oxygen atoms in total. The summed E-state index contributed by atoms with van der Waals surface area (Å²) in [6.07, 6.45) is 1.83. The SMILES string of the molecule is CC(C)CN1Cc2cccn2C1=O. The Labute approximate surface area is 78.0 Å². The summed E-state index contributed by atoms with van der Waals surface area (Å²) >= 11 is 0. The number of fused-ring (bicyclic) bond motifs is 1. The number of hydrogen-bond acceptors (Lipinski definition) is 1. The minimum absolute atomic E-state index is 0.119. The van der Waals surface area contributed by atoms with E-state index in [1.807, 2.05) is 23.2 Å². The van der Waals surface area contributed by atoms with Gasteiger partial charge in [-0.25, -0.2) is 4.79 Å². The van der Waals surface area contributed by atoms with Crippen molar-refractivity contribution in [2.24, 2.45) is 5.92 Å². The van der Waals surface area contributed by atoms with Gasteiger partial charge in [0.25, 0.3) is 0 Å². The lowest BCUT2D eigenvalue weighted by Crippen LogP contribution is -2.29. The quantitative estimate of drug-likeness (QED) is 0.679. The molecule has 70 valence electrons. The van der Waals surface area contributed by atoms with E-state index >= 15 is 0 Å². The van der Waals surface area contributed by atoms with Crippen LogP contribution in [0.15, 0.2) is 18.3 Å². The molecule has 0 saturated heterocycles. The maximum Gasteiger partial charge on any atom is 0.328 e. The first-order valence-corrected chi connectivity index (χ1v) is 4.64. The van der Waals surface area contributed by atoms with Gasteiger partial charge >= 0.3 is 6.03 Å². The Morgan fingerprint density at radius 2 is 2.31 bits per heavy atom. The predicted molar refractivity (Wildman–Crippen MR) is 50.5 cm³/mol. The van der Waals surface area contributed by atoms with Crippen LogP contribution in [0.2, 0.25) is 0 Å². The van der Waals surface area contributed by atoms with E-state index in [-0.39, 0.29) is 6.03 Å². The van der Waals surface area contributed by atoms with Crippen LogP contribution in [-0.4, -0.2) is 22.0 Å². The molecular formula is C10H14N2O. The molecule has 1 aliphatic rings. The topological polar surface area (TPSA) is 25.2 Å². The number of carbonyl (C=O) groups is 1. The highest BCUT2D eigenvalue weighted by molar-refractivity contribution is 5.80. The van der Waals surface area contributed by atoms with E-state index in [0.29, 0.717) is 5.92 Å². The molecule has 2 heterocycles. The summed E-state index contributed by atoms with van der Waals surface area (Å²) in [5.41, 5.74) is 1.10. The minimum Gasteiger partial charge on any atom is -0.318 e. The Kier molecular flexibility index (Phi) is 1.87. The van der Waals surface area contributed by atoms with Crippen molar-refractivity contribution in [2.75, 3.05) is 6.54 Å². The fraction of sp³-hybridized carbons (Fsp3) is 0.500. The van der Waals surface area contributed by atoms with E-state index in [1.54, 1.807) is 4.57 Å². The molecule has 0 bridgehead atoms. The first-order chi connectivity index (χ1) is 6.18. The van der Waals surface area contributed by atoms with Crippen LogP contribution in [0.1, 0.15) is 19.5 Å². The zero-order chi connectivity index (χ0) is 9.42. The van der Waals surface area contributed by atoms with E-state index in [2.05, 4.69) is 13.8 Å². The molecule has 13 heavy (non-hydrogen) atoms. The van der Waals surface area contributed by atoms with Crippen molar-refractivity contribution in [3.8, 4) is 0 Å². The normalized spacial score (nSPS) is 15.6. The number of aromatic nitrogens is 1. The molecule has 0 radical (unpaired) electrons. The molecule has 2 rings (SSSR count). The summed E-state index contributed by atoms with van der Waals surface area (Å²) in [6.45, 7) is 5.87. The van der Waals surface area contributed by atoms with Crippen molar-refractivity contribution < 1.29 is 4.79 Å². The Balaban J connectivity index is 2.15. The van der Waals surface area contributed by atoms with E-state index in [9.17, 15) is 4.79 Å². The van der Waals surface area contributed by atoms with Gasteiger partial charge in [0.05, 0.1) is 6.54 Å². The predicted octanol–water partition coefficient (Wildman–Crippen LogP) is 1.93. The number of rotatable bonds is 2. The molecule has 3 heteroatoms. The molecule has 1 amide bonds. The molecule has 0 aromatic carbocycles. The van der Waals surface area contributed by atoms with E-state index < -0.39 is 0 Å². The van der Waals surface area contributed by atoms with Gasteiger partial charge in [-0.2, -0.15) is 0 Å². The van der Waals surface area contributed by atoms with Crippen molar-refractivity contribution >= 4 is 6.03 Å². The fourth-order valence-corrected chi connectivity index (χ4v) is 1.73. The van der Waals surface area contributed by atoms with Gasteiger partial charge in [-0.3, -0.25) is 4.57 Å². The summed E-state index contributed by atoms with van der Waals surface area (Å²) in [5, 5.41) is 0. The Morgan fingerprint density at radius 3 is 2.92 bits per heavy atom. The van der Waals surface area contributed by atoms with Gasteiger partial charge in [0.1, 0.15) is 0 Å². The van der Waals surface area contributed by atoms with E-state index in [4.69, 9.17) is 0 Å². The van der Waals surface area contributed by atoms with Gasteiger partial charge in [-0.1, -0.05) is 13.8 Å². The van der Waals surface area contributed by atoms with Gasteiger partial charge in [0.15, 0.2) is 0 Å². The molecular weight excluding hydrogens is 164 g/mol. The average Bonchev–Trinajstić information content (AvgIpc) is 2.56. The standard InChI is InChI=1S/C10H14N2O/c1-8(2)6-11-7-9-4-3-5-12(9)10(11)13/h3-5,8H,6-7H2,1-2H3. The largest absolute Gasteiger partial charge is 0.328 e. The highest BCUT2D eigenvalue weighted by Gasteiger charge is 2.25. The van der Waals surface area contributed by atoms with Crippen LogP contribution < -0.4 is 0 Å². The van der Waals surface area contributed by atoms with E-state index in [0.717, 1.165) is 18.8 Å². The van der Waals surface area contributed by atoms with Crippen molar-refractivity contribution in [3.63, 3.8) is 0 Å². The zero-order valence-corrected chi connectivity index (χ0v) is 8.03. The van der Waals surface area contributed by atoms with Crippen molar-refractivity contribution in [2.45, 2.75) is 20.4 Å². The highest BCUT2D eigenvalue weighted by atomic mass is 16.2. The monoisotopic (exact) mass is 178 g/mol. The lowest BCUT2D eigenvalue weighted by atomic mass is 10.2. The molecule has 0 saturated carbocycles. The van der Waals surface area contributed by atoms with Crippen LogP contribution in [0.4, 0.5) is 4.79 Å². The van der Waals surface area contributed by atoms with Crippen LogP contribution in [-0.2, 0) is 6.54 Å². The maximum atomic E-state index is 11.7. The fourth-order valence-electron chi connectivity index (χ4n) is 1.73.